The molecule has 0 saturated heterocycles. The Kier molecular flexibility index (Phi) is 4.14. The first-order valence-electron chi connectivity index (χ1n) is 5.43. The van der Waals surface area contributed by atoms with Gasteiger partial charge in [0.25, 0.3) is 0 Å². The first-order valence-corrected chi connectivity index (χ1v) is 6.22. The van der Waals surface area contributed by atoms with Crippen LogP contribution in [0.3, 0.4) is 0 Å². The molecule has 0 amide bonds. The predicted molar refractivity (Wildman–Crippen MR) is 71.9 cm³/mol. The molecule has 0 bridgehead atoms. The van der Waals surface area contributed by atoms with Crippen molar-refractivity contribution < 1.29 is 18.4 Å². The summed E-state index contributed by atoms with van der Waals surface area (Å²) in [5.41, 5.74) is -0.626. The van der Waals surface area contributed by atoms with Crippen molar-refractivity contribution in [1.82, 2.24) is 0 Å². The van der Waals surface area contributed by atoms with E-state index in [1.807, 2.05) is 6.07 Å². The zero-order valence-corrected chi connectivity index (χ0v) is 11.7. The van der Waals surface area contributed by atoms with Crippen LogP contribution < -0.4 is 4.74 Å². The summed E-state index contributed by atoms with van der Waals surface area (Å²) in [5.74, 6) is -2.62. The molecule has 0 spiro atoms. The predicted octanol–water partition coefficient (Wildman–Crippen LogP) is 4.30. The highest BCUT2D eigenvalue weighted by atomic mass is 79.9. The maximum absolute atomic E-state index is 13.7. The Hall–Kier alpha value is -2.53. The van der Waals surface area contributed by atoms with Gasteiger partial charge in [0.1, 0.15) is 11.8 Å². The Labute approximate surface area is 125 Å². The number of benzene rings is 2. The fourth-order valence-corrected chi connectivity index (χ4v) is 1.96. The molecule has 2 aromatic carbocycles. The summed E-state index contributed by atoms with van der Waals surface area (Å²) in [4.78, 5) is 9.45. The van der Waals surface area contributed by atoms with Crippen LogP contribution >= 0.6 is 15.9 Å². The van der Waals surface area contributed by atoms with Crippen LogP contribution in [-0.4, -0.2) is 4.92 Å². The van der Waals surface area contributed by atoms with E-state index in [1.165, 1.54) is 18.2 Å². The minimum absolute atomic E-state index is 0.146. The molecular formula is C13H5BrF2N2O3. The van der Waals surface area contributed by atoms with Crippen LogP contribution in [-0.2, 0) is 0 Å². The van der Waals surface area contributed by atoms with Crippen molar-refractivity contribution in [2.24, 2.45) is 0 Å². The van der Waals surface area contributed by atoms with Gasteiger partial charge in [-0.1, -0.05) is 0 Å². The van der Waals surface area contributed by atoms with E-state index in [4.69, 9.17) is 10.00 Å². The zero-order valence-electron chi connectivity index (χ0n) is 10.1. The first-order chi connectivity index (χ1) is 9.92. The van der Waals surface area contributed by atoms with Gasteiger partial charge < -0.3 is 4.74 Å². The molecule has 2 aromatic rings. The molecule has 2 rings (SSSR count). The highest BCUT2D eigenvalue weighted by Crippen LogP contribution is 2.31. The lowest BCUT2D eigenvalue weighted by Crippen LogP contribution is -1.96. The van der Waals surface area contributed by atoms with E-state index in [-0.39, 0.29) is 5.75 Å². The number of hydrogen-bond acceptors (Lipinski definition) is 4. The SMILES string of the molecule is N#Cc1ccc(Oc2cc(F)c([N+](=O)[O-])cc2F)cc1Br. The number of nitro benzene ring substituents is 1. The Morgan fingerprint density at radius 3 is 2.52 bits per heavy atom. The highest BCUT2D eigenvalue weighted by Gasteiger charge is 2.19. The second-order valence-electron chi connectivity index (χ2n) is 3.85. The number of halogens is 3. The fraction of sp³-hybridized carbons (Fsp3) is 0. The molecule has 0 atom stereocenters. The van der Waals surface area contributed by atoms with E-state index in [2.05, 4.69) is 15.9 Å². The van der Waals surface area contributed by atoms with Crippen LogP contribution in [0.25, 0.3) is 0 Å². The fourth-order valence-electron chi connectivity index (χ4n) is 1.51. The number of nitriles is 1. The Morgan fingerprint density at radius 1 is 1.24 bits per heavy atom. The molecule has 0 aliphatic carbocycles. The van der Waals surface area contributed by atoms with Gasteiger partial charge in [-0.25, -0.2) is 4.39 Å². The molecule has 0 aromatic heterocycles. The Morgan fingerprint density at radius 2 is 1.95 bits per heavy atom. The largest absolute Gasteiger partial charge is 0.454 e. The molecule has 0 aliphatic heterocycles. The number of hydrogen-bond donors (Lipinski definition) is 0. The molecule has 0 fully saturated rings. The summed E-state index contributed by atoms with van der Waals surface area (Å²) in [7, 11) is 0. The van der Waals surface area contributed by atoms with Crippen LogP contribution in [0.15, 0.2) is 34.8 Å². The maximum Gasteiger partial charge on any atom is 0.307 e. The van der Waals surface area contributed by atoms with E-state index in [9.17, 15) is 18.9 Å². The third kappa shape index (κ3) is 3.14. The van der Waals surface area contributed by atoms with Gasteiger partial charge in [0.15, 0.2) is 11.6 Å². The van der Waals surface area contributed by atoms with Crippen molar-refractivity contribution in [1.29, 1.82) is 5.26 Å². The average Bonchev–Trinajstić information content (AvgIpc) is 2.42. The van der Waals surface area contributed by atoms with Gasteiger partial charge in [-0.3, -0.25) is 10.1 Å². The lowest BCUT2D eigenvalue weighted by atomic mass is 10.2. The van der Waals surface area contributed by atoms with E-state index < -0.39 is 28.0 Å². The molecule has 0 N–H and O–H groups in total. The van der Waals surface area contributed by atoms with Gasteiger partial charge in [-0.15, -0.1) is 0 Å². The first kappa shape index (κ1) is 14.9. The Bertz CT molecular complexity index is 775. The molecule has 8 heteroatoms. The van der Waals surface area contributed by atoms with Gasteiger partial charge in [0, 0.05) is 10.5 Å². The molecule has 0 heterocycles. The van der Waals surface area contributed by atoms with Crippen molar-refractivity contribution in [2.45, 2.75) is 0 Å². The molecule has 106 valence electrons. The number of ether oxygens (including phenoxy) is 1. The van der Waals surface area contributed by atoms with Crippen molar-refractivity contribution in [2.75, 3.05) is 0 Å². The summed E-state index contributed by atoms with van der Waals surface area (Å²) >= 11 is 3.12. The molecule has 5 nitrogen and oxygen atoms in total. The summed E-state index contributed by atoms with van der Waals surface area (Å²) in [5, 5.41) is 19.2. The number of rotatable bonds is 3. The summed E-state index contributed by atoms with van der Waals surface area (Å²) in [6.07, 6.45) is 0. The summed E-state index contributed by atoms with van der Waals surface area (Å²) in [6.45, 7) is 0. The topological polar surface area (TPSA) is 76.2 Å². The van der Waals surface area contributed by atoms with Crippen molar-refractivity contribution in [3.8, 4) is 17.6 Å². The van der Waals surface area contributed by atoms with E-state index in [0.717, 1.165) is 0 Å². The highest BCUT2D eigenvalue weighted by molar-refractivity contribution is 9.10. The van der Waals surface area contributed by atoms with Gasteiger partial charge in [-0.05, 0) is 34.1 Å². The summed E-state index contributed by atoms with van der Waals surface area (Å²) in [6, 6.07) is 7.18. The van der Waals surface area contributed by atoms with Crippen molar-refractivity contribution in [3.63, 3.8) is 0 Å². The normalized spacial score (nSPS) is 10.0. The van der Waals surface area contributed by atoms with Crippen molar-refractivity contribution in [3.05, 3.63) is 62.1 Å². The summed E-state index contributed by atoms with van der Waals surface area (Å²) < 4.78 is 32.7. The van der Waals surface area contributed by atoms with Gasteiger partial charge >= 0.3 is 5.69 Å². The second-order valence-corrected chi connectivity index (χ2v) is 4.70. The molecule has 0 radical (unpaired) electrons. The van der Waals surface area contributed by atoms with Crippen LogP contribution in [0, 0.1) is 33.1 Å². The molecule has 0 aliphatic rings. The Balaban J connectivity index is 2.36. The molecule has 0 unspecified atom stereocenters. The lowest BCUT2D eigenvalue weighted by Gasteiger charge is -2.08. The molecule has 21 heavy (non-hydrogen) atoms. The molecule has 0 saturated carbocycles. The number of nitro groups is 1. The van der Waals surface area contributed by atoms with Gasteiger partial charge in [-0.2, -0.15) is 9.65 Å². The monoisotopic (exact) mass is 354 g/mol. The quantitative estimate of drug-likeness (QED) is 0.608. The minimum atomic E-state index is -1.20. The number of nitrogens with zero attached hydrogens (tertiary/aromatic N) is 2. The van der Waals surface area contributed by atoms with Crippen molar-refractivity contribution >= 4 is 21.6 Å². The van der Waals surface area contributed by atoms with Crippen LogP contribution in [0.2, 0.25) is 0 Å². The molecular weight excluding hydrogens is 350 g/mol. The van der Waals surface area contributed by atoms with Crippen LogP contribution in [0.4, 0.5) is 14.5 Å². The van der Waals surface area contributed by atoms with Crippen LogP contribution in [0.1, 0.15) is 5.56 Å². The van der Waals surface area contributed by atoms with E-state index >= 15 is 0 Å². The lowest BCUT2D eigenvalue weighted by molar-refractivity contribution is -0.387. The average molecular weight is 355 g/mol. The van der Waals surface area contributed by atoms with E-state index in [1.54, 1.807) is 0 Å². The zero-order chi connectivity index (χ0) is 15.6. The smallest absolute Gasteiger partial charge is 0.307 e. The van der Waals surface area contributed by atoms with Gasteiger partial charge in [0.05, 0.1) is 16.6 Å². The standard InChI is InChI=1S/C13H5BrF2N2O3/c14-9-3-8(2-1-7(9)6-17)21-13-5-10(15)12(18(19)20)4-11(13)16/h1-5H. The van der Waals surface area contributed by atoms with Gasteiger partial charge in [0.2, 0.25) is 5.82 Å². The maximum atomic E-state index is 13.7. The third-order valence-electron chi connectivity index (χ3n) is 2.49. The van der Waals surface area contributed by atoms with Crippen LogP contribution in [0.5, 0.6) is 11.5 Å². The van der Waals surface area contributed by atoms with E-state index in [0.29, 0.717) is 22.2 Å². The minimum Gasteiger partial charge on any atom is -0.454 e. The third-order valence-corrected chi connectivity index (χ3v) is 3.14. The second kappa shape index (κ2) is 5.85.